The molecule has 16 rings (SSSR count). The van der Waals surface area contributed by atoms with Crippen LogP contribution in [0.15, 0.2) is 154 Å². The molecule has 2 aliphatic heterocycles. The first-order valence-electron chi connectivity index (χ1n) is 20.1. The normalized spacial score (nSPS) is 16.8. The Labute approximate surface area is 324 Å². The fourth-order valence-electron chi connectivity index (χ4n) is 12.1. The largest absolute Gasteiger partial charge is 0.455 e. The van der Waals surface area contributed by atoms with Crippen LogP contribution >= 0.6 is 0 Å². The Morgan fingerprint density at radius 2 is 1.28 bits per heavy atom. The Morgan fingerprint density at radius 3 is 2.14 bits per heavy atom. The molecule has 11 aromatic rings. The van der Waals surface area contributed by atoms with Crippen molar-refractivity contribution in [3.63, 3.8) is 0 Å². The number of para-hydroxylation sites is 3. The van der Waals surface area contributed by atoms with Crippen LogP contribution in [0.3, 0.4) is 0 Å². The molecule has 0 amide bonds. The summed E-state index contributed by atoms with van der Waals surface area (Å²) in [4.78, 5) is 0. The summed E-state index contributed by atoms with van der Waals surface area (Å²) in [6.07, 6.45) is 8.44. The van der Waals surface area contributed by atoms with Crippen molar-refractivity contribution >= 4 is 106 Å². The summed E-state index contributed by atoms with van der Waals surface area (Å²) in [5.74, 6) is 0.252. The maximum absolute atomic E-state index is 7.08. The number of hydrogen-bond acceptors (Lipinski definition) is 2. The number of rotatable bonds is 0. The van der Waals surface area contributed by atoms with E-state index >= 15 is 0 Å². The average Bonchev–Trinajstić information content (AvgIpc) is 4.00. The average molecular weight is 723 g/mol. The van der Waals surface area contributed by atoms with Gasteiger partial charge in [0.05, 0.1) is 16.6 Å². The third kappa shape index (κ3) is 2.99. The molecule has 7 aromatic carbocycles. The molecule has 3 aliphatic carbocycles. The zero-order valence-corrected chi connectivity index (χ0v) is 30.4. The number of nitrogens with zero attached hydrogens (tertiary/aromatic N) is 2. The predicted molar refractivity (Wildman–Crippen MR) is 235 cm³/mol. The molecule has 4 nitrogen and oxygen atoms in total. The minimum atomic E-state index is -0.0811. The summed E-state index contributed by atoms with van der Waals surface area (Å²) in [6.45, 7) is -0.0811. The Bertz CT molecular complexity index is 3910. The molecule has 260 valence electrons. The van der Waals surface area contributed by atoms with Crippen molar-refractivity contribution in [3.8, 4) is 27.9 Å². The maximum Gasteiger partial charge on any atom is 0.332 e. The van der Waals surface area contributed by atoms with E-state index in [2.05, 4.69) is 155 Å². The highest BCUT2D eigenvalue weighted by Gasteiger charge is 2.49. The monoisotopic (exact) mass is 722 g/mol. The fourth-order valence-corrected chi connectivity index (χ4v) is 12.1. The Morgan fingerprint density at radius 1 is 0.579 bits per heavy atom. The fraction of sp³-hybridized carbons (Fsp3) is 0.0385. The van der Waals surface area contributed by atoms with Gasteiger partial charge in [-0.25, -0.2) is 0 Å². The van der Waals surface area contributed by atoms with E-state index < -0.39 is 0 Å². The summed E-state index contributed by atoms with van der Waals surface area (Å²) in [7, 11) is 0. The zero-order valence-electron chi connectivity index (χ0n) is 30.4. The van der Waals surface area contributed by atoms with Crippen LogP contribution in [-0.2, 0) is 0 Å². The highest BCUT2D eigenvalue weighted by molar-refractivity contribution is 6.93. The van der Waals surface area contributed by atoms with Crippen LogP contribution in [0.1, 0.15) is 23.2 Å². The third-order valence-corrected chi connectivity index (χ3v) is 14.1. The van der Waals surface area contributed by atoms with Gasteiger partial charge in [0.25, 0.3) is 0 Å². The van der Waals surface area contributed by atoms with Crippen LogP contribution in [-0.4, -0.2) is 15.9 Å². The summed E-state index contributed by atoms with van der Waals surface area (Å²) in [5, 5.41) is 8.33. The number of allylic oxidation sites excluding steroid dienone is 5. The molecule has 0 N–H and O–H groups in total. The quantitative estimate of drug-likeness (QED) is 0.146. The van der Waals surface area contributed by atoms with Crippen molar-refractivity contribution in [1.82, 2.24) is 9.05 Å². The van der Waals surface area contributed by atoms with Crippen LogP contribution in [0.4, 0.5) is 0 Å². The van der Waals surface area contributed by atoms with Gasteiger partial charge in [0, 0.05) is 71.6 Å². The summed E-state index contributed by atoms with van der Waals surface area (Å²) < 4.78 is 19.3. The lowest BCUT2D eigenvalue weighted by atomic mass is 9.43. The van der Waals surface area contributed by atoms with E-state index in [0.29, 0.717) is 0 Å². The van der Waals surface area contributed by atoms with E-state index in [9.17, 15) is 0 Å². The molecule has 0 radical (unpaired) electrons. The molecule has 0 bridgehead atoms. The van der Waals surface area contributed by atoms with Gasteiger partial charge < -0.3 is 17.9 Å². The second-order valence-corrected chi connectivity index (χ2v) is 16.6. The van der Waals surface area contributed by atoms with Gasteiger partial charge in [0.1, 0.15) is 22.3 Å². The van der Waals surface area contributed by atoms with Crippen molar-refractivity contribution in [2.45, 2.75) is 6.42 Å². The molecule has 0 spiro atoms. The SMILES string of the molecule is C1=CC2=C3c4c5n(c6cccc(c46)-c4ccccc42)-c2cc4c(oc6ccccc64)c4c2B(C5=CC3C1)n1c2ccccc2c2c3oc5ccccc5c3cc-4c21. The number of benzene rings is 7. The lowest BCUT2D eigenvalue weighted by molar-refractivity contribution is 0.670. The zero-order chi connectivity index (χ0) is 36.4. The van der Waals surface area contributed by atoms with Gasteiger partial charge in [-0.3, -0.25) is 0 Å². The lowest BCUT2D eigenvalue weighted by Crippen LogP contribution is -2.49. The van der Waals surface area contributed by atoms with Crippen molar-refractivity contribution in [2.24, 2.45) is 5.92 Å². The number of aromatic nitrogens is 2. The van der Waals surface area contributed by atoms with E-state index in [-0.39, 0.29) is 12.8 Å². The topological polar surface area (TPSA) is 36.1 Å². The van der Waals surface area contributed by atoms with E-state index in [1.807, 2.05) is 0 Å². The Balaban J connectivity index is 1.19. The van der Waals surface area contributed by atoms with E-state index in [1.165, 1.54) is 99.6 Å². The smallest absolute Gasteiger partial charge is 0.332 e. The van der Waals surface area contributed by atoms with Crippen LogP contribution in [0.25, 0.3) is 121 Å². The van der Waals surface area contributed by atoms with Crippen molar-refractivity contribution in [1.29, 1.82) is 0 Å². The molecular formula is C52H27BN2O2. The molecule has 0 fully saturated rings. The predicted octanol–water partition coefficient (Wildman–Crippen LogP) is 12.7. The van der Waals surface area contributed by atoms with Gasteiger partial charge in [-0.2, -0.15) is 0 Å². The molecular weight excluding hydrogens is 695 g/mol. The number of fused-ring (bicyclic) bond motifs is 19. The standard InChI is InChI=1S/C52H27BN2O2/c1-2-13-28-27(12-1)31-17-9-11-26-23-37-50-47(43(26)31)44-32(28)18-10-20-39(44)54(50)40-25-35-30-15-5-8-22-42(30)56-51(35)45-36-24-34-29-14-4-7-21-41(29)57-52(34)46-33-16-3-6-19-38(33)55(49(36)46)53(37)48(40)45/h1-10,12-26H,11H2. The molecule has 1 atom stereocenters. The van der Waals surface area contributed by atoms with E-state index in [0.717, 1.165) is 50.3 Å². The second-order valence-electron chi connectivity index (χ2n) is 16.6. The lowest BCUT2D eigenvalue weighted by Gasteiger charge is -2.39. The van der Waals surface area contributed by atoms with Gasteiger partial charge in [0.2, 0.25) is 0 Å². The van der Waals surface area contributed by atoms with E-state index in [1.54, 1.807) is 0 Å². The third-order valence-electron chi connectivity index (χ3n) is 14.1. The summed E-state index contributed by atoms with van der Waals surface area (Å²) >= 11 is 0. The van der Waals surface area contributed by atoms with Gasteiger partial charge in [-0.15, -0.1) is 0 Å². The summed E-state index contributed by atoms with van der Waals surface area (Å²) in [5.41, 5.74) is 23.3. The van der Waals surface area contributed by atoms with Gasteiger partial charge in [0.15, 0.2) is 0 Å². The first kappa shape index (κ1) is 28.2. The maximum atomic E-state index is 7.08. The number of furan rings is 2. The van der Waals surface area contributed by atoms with Crippen molar-refractivity contribution in [2.75, 3.05) is 0 Å². The number of hydrogen-bond donors (Lipinski definition) is 0. The van der Waals surface area contributed by atoms with Gasteiger partial charge in [-0.1, -0.05) is 109 Å². The van der Waals surface area contributed by atoms with Gasteiger partial charge in [-0.05, 0) is 81.6 Å². The van der Waals surface area contributed by atoms with E-state index in [4.69, 9.17) is 8.83 Å². The van der Waals surface area contributed by atoms with Gasteiger partial charge >= 0.3 is 6.85 Å². The highest BCUT2D eigenvalue weighted by atomic mass is 16.3. The van der Waals surface area contributed by atoms with Crippen molar-refractivity contribution in [3.05, 3.63) is 162 Å². The molecule has 0 saturated heterocycles. The highest BCUT2D eigenvalue weighted by Crippen LogP contribution is 2.59. The minimum Gasteiger partial charge on any atom is -0.455 e. The first-order valence-corrected chi connectivity index (χ1v) is 20.1. The van der Waals surface area contributed by atoms with Crippen LogP contribution < -0.4 is 5.46 Å². The molecule has 57 heavy (non-hydrogen) atoms. The summed E-state index contributed by atoms with van der Waals surface area (Å²) in [6, 6.07) is 47.0. The van der Waals surface area contributed by atoms with Crippen molar-refractivity contribution < 1.29 is 8.83 Å². The molecule has 6 heterocycles. The molecule has 4 aromatic heterocycles. The first-order chi connectivity index (χ1) is 28.3. The Hall–Kier alpha value is -7.24. The molecule has 0 saturated carbocycles. The minimum absolute atomic E-state index is 0.0811. The Kier molecular flexibility index (Phi) is 4.57. The molecule has 5 aliphatic rings. The van der Waals surface area contributed by atoms with Crippen LogP contribution in [0.2, 0.25) is 0 Å². The second kappa shape index (κ2) is 9.23. The molecule has 5 heteroatoms. The van der Waals surface area contributed by atoms with Crippen LogP contribution in [0.5, 0.6) is 0 Å². The van der Waals surface area contributed by atoms with Crippen LogP contribution in [0, 0.1) is 5.92 Å². The molecule has 1 unspecified atom stereocenters.